The van der Waals surface area contributed by atoms with Crippen LogP contribution < -0.4 is 5.43 Å². The normalized spacial score (nSPS) is 10.5. The number of hydrogen-bond acceptors (Lipinski definition) is 2. The van der Waals surface area contributed by atoms with E-state index in [1.54, 1.807) is 6.92 Å². The van der Waals surface area contributed by atoms with Crippen molar-refractivity contribution in [1.82, 2.24) is 9.88 Å². The second kappa shape index (κ2) is 7.70. The van der Waals surface area contributed by atoms with Gasteiger partial charge in [-0.05, 0) is 38.6 Å². The summed E-state index contributed by atoms with van der Waals surface area (Å²) in [6, 6.07) is 8.02. The Balaban J connectivity index is 2.31. The summed E-state index contributed by atoms with van der Waals surface area (Å²) in [5, 5.41) is 0.235. The van der Waals surface area contributed by atoms with Gasteiger partial charge in [-0.2, -0.15) is 0 Å². The van der Waals surface area contributed by atoms with Gasteiger partial charge in [-0.3, -0.25) is 9.69 Å². The molecule has 2 rings (SSSR count). The number of aromatic amines is 1. The first-order chi connectivity index (χ1) is 10.9. The van der Waals surface area contributed by atoms with Crippen molar-refractivity contribution in [2.45, 2.75) is 13.8 Å². The number of hydrogen-bond donors (Lipinski definition) is 1. The zero-order chi connectivity index (χ0) is 17.0. The maximum Gasteiger partial charge on any atom is 0.208 e. The quantitative estimate of drug-likeness (QED) is 0.520. The summed E-state index contributed by atoms with van der Waals surface area (Å²) < 4.78 is 0. The Morgan fingerprint density at radius 1 is 1.17 bits per heavy atom. The summed E-state index contributed by atoms with van der Waals surface area (Å²) in [7, 11) is 1.90. The highest BCUT2D eigenvalue weighted by Crippen LogP contribution is 2.22. The number of aromatic nitrogens is 1. The van der Waals surface area contributed by atoms with Crippen LogP contribution in [0.3, 0.4) is 0 Å². The third kappa shape index (κ3) is 4.17. The molecule has 0 bridgehead atoms. The Hall–Kier alpha value is -1.73. The molecule has 0 radical (unpaired) electrons. The van der Waals surface area contributed by atoms with E-state index >= 15 is 0 Å². The van der Waals surface area contributed by atoms with Crippen LogP contribution in [0.4, 0.5) is 0 Å². The molecule has 120 valence electrons. The second-order valence-corrected chi connectivity index (χ2v) is 6.02. The lowest BCUT2D eigenvalue weighted by Gasteiger charge is -2.09. The summed E-state index contributed by atoms with van der Waals surface area (Å²) in [6.07, 6.45) is 0. The molecule has 23 heavy (non-hydrogen) atoms. The molecule has 0 fully saturated rings. The van der Waals surface area contributed by atoms with Crippen LogP contribution >= 0.6 is 23.2 Å². The maximum atomic E-state index is 12.4. The molecule has 0 saturated heterocycles. The summed E-state index contributed by atoms with van der Waals surface area (Å²) >= 11 is 11.8. The molecule has 0 amide bonds. The summed E-state index contributed by atoms with van der Waals surface area (Å²) in [5.74, 6) is 6.13. The van der Waals surface area contributed by atoms with Gasteiger partial charge in [0.05, 0.1) is 12.5 Å². The molecule has 5 heteroatoms. The number of aryl methyl sites for hydroxylation is 2. The van der Waals surface area contributed by atoms with Crippen molar-refractivity contribution in [3.05, 3.63) is 56.5 Å². The number of nitrogens with one attached hydrogen (secondary N) is 1. The lowest BCUT2D eigenvalue weighted by Crippen LogP contribution is -2.15. The minimum absolute atomic E-state index is 0.150. The topological polar surface area (TPSA) is 36.1 Å². The van der Waals surface area contributed by atoms with E-state index < -0.39 is 0 Å². The van der Waals surface area contributed by atoms with Crippen LogP contribution in [0.2, 0.25) is 5.02 Å². The zero-order valence-corrected chi connectivity index (χ0v) is 14.8. The summed E-state index contributed by atoms with van der Waals surface area (Å²) in [4.78, 5) is 17.4. The lowest BCUT2D eigenvalue weighted by molar-refractivity contribution is 0.441. The van der Waals surface area contributed by atoms with E-state index in [-0.39, 0.29) is 10.5 Å². The fourth-order valence-corrected chi connectivity index (χ4v) is 2.46. The van der Waals surface area contributed by atoms with Gasteiger partial charge < -0.3 is 4.98 Å². The predicted octanol–water partition coefficient (Wildman–Crippen LogP) is 3.79. The van der Waals surface area contributed by atoms with Crippen molar-refractivity contribution < 1.29 is 0 Å². The van der Waals surface area contributed by atoms with Crippen LogP contribution in [0.5, 0.6) is 0 Å². The summed E-state index contributed by atoms with van der Waals surface area (Å²) in [6.45, 7) is 4.27. The average Bonchev–Trinajstić information content (AvgIpc) is 2.54. The molecule has 2 aromatic rings. The molecule has 0 aliphatic heterocycles. The molecule has 0 aliphatic rings. The Morgan fingerprint density at radius 3 is 2.43 bits per heavy atom. The highest BCUT2D eigenvalue weighted by Gasteiger charge is 2.12. The van der Waals surface area contributed by atoms with Crippen LogP contribution in [-0.4, -0.2) is 29.5 Å². The number of rotatable bonds is 3. The number of nitrogens with zero attached hydrogens (tertiary/aromatic N) is 1. The standard InChI is InChI=1S/C18H18Cl2N2O/c1-12-16(18(23)17(20)13(2)21-12)15-8-6-14(7-9-15)5-4-10-22(3)11-19/h6-9H,10-11H2,1-3H3,(H,21,23). The molecule has 0 saturated carbocycles. The SMILES string of the molecule is Cc1[nH]c(C)c(-c2ccc(C#CCN(C)CCl)cc2)c(=O)c1Cl. The van der Waals surface area contributed by atoms with Crippen molar-refractivity contribution in [2.75, 3.05) is 19.6 Å². The Labute approximate surface area is 146 Å². The van der Waals surface area contributed by atoms with E-state index in [4.69, 9.17) is 23.2 Å². The van der Waals surface area contributed by atoms with Crippen LogP contribution in [0, 0.1) is 25.7 Å². The van der Waals surface area contributed by atoms with Crippen LogP contribution in [-0.2, 0) is 0 Å². The third-order valence-corrected chi connectivity index (χ3v) is 4.33. The molecular formula is C18H18Cl2N2O. The summed E-state index contributed by atoms with van der Waals surface area (Å²) in [5.41, 5.74) is 3.66. The number of alkyl halides is 1. The highest BCUT2D eigenvalue weighted by molar-refractivity contribution is 6.31. The van der Waals surface area contributed by atoms with Crippen molar-refractivity contribution in [3.63, 3.8) is 0 Å². The van der Waals surface area contributed by atoms with Crippen molar-refractivity contribution in [1.29, 1.82) is 0 Å². The molecule has 3 nitrogen and oxygen atoms in total. The van der Waals surface area contributed by atoms with Gasteiger partial charge >= 0.3 is 0 Å². The van der Waals surface area contributed by atoms with E-state index in [1.165, 1.54) is 0 Å². The van der Waals surface area contributed by atoms with Crippen LogP contribution in [0.15, 0.2) is 29.1 Å². The zero-order valence-electron chi connectivity index (χ0n) is 13.3. The van der Waals surface area contributed by atoms with E-state index in [1.807, 2.05) is 43.1 Å². The molecule has 1 aromatic heterocycles. The number of halogens is 2. The predicted molar refractivity (Wildman–Crippen MR) is 97.2 cm³/mol. The van der Waals surface area contributed by atoms with Gasteiger partial charge in [0.25, 0.3) is 0 Å². The van der Waals surface area contributed by atoms with Crippen molar-refractivity contribution >= 4 is 23.2 Å². The average molecular weight is 349 g/mol. The van der Waals surface area contributed by atoms with Crippen molar-refractivity contribution in [3.8, 4) is 23.0 Å². The van der Waals surface area contributed by atoms with Gasteiger partial charge in [-0.1, -0.05) is 35.6 Å². The monoisotopic (exact) mass is 348 g/mol. The maximum absolute atomic E-state index is 12.4. The fourth-order valence-electron chi connectivity index (χ4n) is 2.24. The molecule has 0 unspecified atom stereocenters. The first-order valence-corrected chi connectivity index (χ1v) is 8.08. The van der Waals surface area contributed by atoms with Gasteiger partial charge in [-0.25, -0.2) is 0 Å². The number of benzene rings is 1. The van der Waals surface area contributed by atoms with Gasteiger partial charge in [0.2, 0.25) is 5.43 Å². The van der Waals surface area contributed by atoms with Crippen molar-refractivity contribution in [2.24, 2.45) is 0 Å². The Morgan fingerprint density at radius 2 is 1.83 bits per heavy atom. The molecule has 1 aromatic carbocycles. The molecule has 0 aliphatic carbocycles. The van der Waals surface area contributed by atoms with Gasteiger partial charge in [0.1, 0.15) is 5.02 Å². The first-order valence-electron chi connectivity index (χ1n) is 7.16. The lowest BCUT2D eigenvalue weighted by atomic mass is 10.0. The minimum Gasteiger partial charge on any atom is -0.361 e. The molecule has 1 N–H and O–H groups in total. The van der Waals surface area contributed by atoms with Crippen LogP contribution in [0.1, 0.15) is 17.0 Å². The second-order valence-electron chi connectivity index (χ2n) is 5.41. The van der Waals surface area contributed by atoms with Gasteiger partial charge in [0.15, 0.2) is 0 Å². The molecular weight excluding hydrogens is 331 g/mol. The van der Waals surface area contributed by atoms with E-state index in [0.717, 1.165) is 16.8 Å². The van der Waals surface area contributed by atoms with Gasteiger partial charge in [0, 0.05) is 22.5 Å². The Kier molecular flexibility index (Phi) is 5.90. The minimum atomic E-state index is -0.150. The van der Waals surface area contributed by atoms with E-state index in [2.05, 4.69) is 16.8 Å². The van der Waals surface area contributed by atoms with E-state index in [9.17, 15) is 4.79 Å². The molecule has 1 heterocycles. The third-order valence-electron chi connectivity index (χ3n) is 3.46. The molecule has 0 spiro atoms. The highest BCUT2D eigenvalue weighted by atomic mass is 35.5. The number of H-pyrrole nitrogens is 1. The van der Waals surface area contributed by atoms with E-state index in [0.29, 0.717) is 23.8 Å². The smallest absolute Gasteiger partial charge is 0.208 e. The van der Waals surface area contributed by atoms with Crippen LogP contribution in [0.25, 0.3) is 11.1 Å². The number of pyridine rings is 1. The first kappa shape index (κ1) is 17.6. The largest absolute Gasteiger partial charge is 0.361 e. The Bertz CT molecular complexity index is 814. The molecule has 0 atom stereocenters. The fraction of sp³-hybridized carbons (Fsp3) is 0.278. The van der Waals surface area contributed by atoms with Gasteiger partial charge in [-0.15, -0.1) is 11.6 Å².